The summed E-state index contributed by atoms with van der Waals surface area (Å²) >= 11 is 0. The number of hydrogen-bond donors (Lipinski definition) is 0. The lowest BCUT2D eigenvalue weighted by Gasteiger charge is -2.24. The van der Waals surface area contributed by atoms with E-state index in [0.29, 0.717) is 0 Å². The van der Waals surface area contributed by atoms with E-state index in [9.17, 15) is 0 Å². The maximum atomic E-state index is 5.48. The Morgan fingerprint density at radius 2 is 1.76 bits per heavy atom. The molecule has 0 fully saturated rings. The highest BCUT2D eigenvalue weighted by Gasteiger charge is 2.22. The molecule has 0 saturated heterocycles. The van der Waals surface area contributed by atoms with Crippen molar-refractivity contribution in [1.82, 2.24) is 4.98 Å². The average molecular weight is 229 g/mol. The second kappa shape index (κ2) is 4.02. The van der Waals surface area contributed by atoms with Crippen molar-refractivity contribution >= 4 is 10.9 Å². The van der Waals surface area contributed by atoms with Crippen molar-refractivity contribution in [3.05, 3.63) is 35.5 Å². The number of ether oxygens (including phenoxy) is 1. The monoisotopic (exact) mass is 229 g/mol. The van der Waals surface area contributed by atoms with E-state index in [0.717, 1.165) is 17.0 Å². The summed E-state index contributed by atoms with van der Waals surface area (Å²) in [6.07, 6.45) is 0. The van der Waals surface area contributed by atoms with Crippen LogP contribution in [0, 0.1) is 6.92 Å². The van der Waals surface area contributed by atoms with Crippen LogP contribution in [0.4, 0.5) is 0 Å². The van der Waals surface area contributed by atoms with E-state index in [-0.39, 0.29) is 5.41 Å². The normalized spacial score (nSPS) is 11.8. The fourth-order valence-electron chi connectivity index (χ4n) is 2.23. The molecule has 1 aromatic heterocycles. The van der Waals surface area contributed by atoms with Gasteiger partial charge >= 0.3 is 0 Å². The van der Waals surface area contributed by atoms with Crippen LogP contribution in [0.5, 0.6) is 5.75 Å². The zero-order chi connectivity index (χ0) is 12.6. The second-order valence-electron chi connectivity index (χ2n) is 5.41. The lowest BCUT2D eigenvalue weighted by Crippen LogP contribution is -2.13. The Morgan fingerprint density at radius 1 is 1.06 bits per heavy atom. The molecule has 0 bridgehead atoms. The van der Waals surface area contributed by atoms with Crippen molar-refractivity contribution in [2.24, 2.45) is 0 Å². The van der Waals surface area contributed by atoms with Gasteiger partial charge in [0.2, 0.25) is 0 Å². The number of benzene rings is 1. The van der Waals surface area contributed by atoms with Gasteiger partial charge in [0.05, 0.1) is 12.6 Å². The molecule has 0 aliphatic heterocycles. The smallest absolute Gasteiger partial charge is 0.123 e. The van der Waals surface area contributed by atoms with Gasteiger partial charge < -0.3 is 4.74 Å². The molecule has 0 unspecified atom stereocenters. The first-order chi connectivity index (χ1) is 7.93. The van der Waals surface area contributed by atoms with Crippen molar-refractivity contribution in [2.75, 3.05) is 7.11 Å². The fourth-order valence-corrected chi connectivity index (χ4v) is 2.23. The van der Waals surface area contributed by atoms with Gasteiger partial charge in [-0.3, -0.25) is 4.98 Å². The quantitative estimate of drug-likeness (QED) is 0.741. The van der Waals surface area contributed by atoms with Gasteiger partial charge in [-0.05, 0) is 30.5 Å². The fraction of sp³-hybridized carbons (Fsp3) is 0.400. The third-order valence-electron chi connectivity index (χ3n) is 2.94. The maximum absolute atomic E-state index is 5.48. The topological polar surface area (TPSA) is 22.1 Å². The Balaban J connectivity index is 2.84. The summed E-state index contributed by atoms with van der Waals surface area (Å²) in [6.45, 7) is 8.61. The molecule has 1 aromatic carbocycles. The first-order valence-electron chi connectivity index (χ1n) is 5.88. The number of hydrogen-bond acceptors (Lipinski definition) is 2. The first kappa shape index (κ1) is 11.9. The summed E-state index contributed by atoms with van der Waals surface area (Å²) in [5.41, 5.74) is 3.35. The number of aromatic nitrogens is 1. The molecule has 0 amide bonds. The molecule has 0 aliphatic rings. The summed E-state index contributed by atoms with van der Waals surface area (Å²) in [5.74, 6) is 0.940. The minimum atomic E-state index is 0.0434. The Kier molecular flexibility index (Phi) is 2.82. The van der Waals surface area contributed by atoms with Gasteiger partial charge in [0.15, 0.2) is 0 Å². The second-order valence-corrected chi connectivity index (χ2v) is 5.41. The van der Waals surface area contributed by atoms with Crippen LogP contribution in [0.3, 0.4) is 0 Å². The molecule has 0 aliphatic carbocycles. The van der Waals surface area contributed by atoms with Crippen LogP contribution in [0.1, 0.15) is 32.0 Å². The Hall–Kier alpha value is -1.57. The van der Waals surface area contributed by atoms with Gasteiger partial charge in [-0.1, -0.05) is 26.8 Å². The molecular formula is C15H19NO. The van der Waals surface area contributed by atoms with Crippen molar-refractivity contribution in [3.63, 3.8) is 0 Å². The zero-order valence-corrected chi connectivity index (χ0v) is 11.2. The third-order valence-corrected chi connectivity index (χ3v) is 2.94. The van der Waals surface area contributed by atoms with Gasteiger partial charge in [-0.15, -0.1) is 0 Å². The highest BCUT2D eigenvalue weighted by molar-refractivity contribution is 5.85. The van der Waals surface area contributed by atoms with Gasteiger partial charge in [0.25, 0.3) is 0 Å². The molecule has 90 valence electrons. The number of aryl methyl sites for hydroxylation is 1. The predicted molar refractivity (Wildman–Crippen MR) is 71.7 cm³/mol. The molecule has 1 heterocycles. The molecular weight excluding hydrogens is 210 g/mol. The Bertz CT molecular complexity index is 553. The molecule has 0 radical (unpaired) electrons. The highest BCUT2D eigenvalue weighted by atomic mass is 16.5. The van der Waals surface area contributed by atoms with Gasteiger partial charge in [-0.2, -0.15) is 0 Å². The minimum Gasteiger partial charge on any atom is -0.496 e. The number of methoxy groups -OCH3 is 1. The van der Waals surface area contributed by atoms with E-state index < -0.39 is 0 Å². The van der Waals surface area contributed by atoms with Crippen LogP contribution in [0.15, 0.2) is 24.3 Å². The number of rotatable bonds is 1. The van der Waals surface area contributed by atoms with E-state index in [1.807, 2.05) is 19.1 Å². The number of fused-ring (bicyclic) bond motifs is 1. The molecule has 0 saturated carbocycles. The van der Waals surface area contributed by atoms with Crippen LogP contribution in [-0.4, -0.2) is 12.1 Å². The van der Waals surface area contributed by atoms with Crippen molar-refractivity contribution < 1.29 is 4.74 Å². The van der Waals surface area contributed by atoms with E-state index >= 15 is 0 Å². The summed E-state index contributed by atoms with van der Waals surface area (Å²) in [5, 5.41) is 1.18. The van der Waals surface area contributed by atoms with Crippen LogP contribution < -0.4 is 4.74 Å². The maximum Gasteiger partial charge on any atom is 0.123 e. The van der Waals surface area contributed by atoms with Crippen LogP contribution in [-0.2, 0) is 5.41 Å². The first-order valence-corrected chi connectivity index (χ1v) is 5.88. The number of nitrogens with zero attached hydrogens (tertiary/aromatic N) is 1. The molecule has 0 atom stereocenters. The molecule has 0 N–H and O–H groups in total. The van der Waals surface area contributed by atoms with E-state index in [1.54, 1.807) is 7.11 Å². The standard InChI is InChI=1S/C15H19NO/c1-10-6-7-11-12(16-10)8-9-13(17-5)14(11)15(2,3)4/h6-9H,1-5H3. The van der Waals surface area contributed by atoms with Crippen molar-refractivity contribution in [2.45, 2.75) is 33.1 Å². The van der Waals surface area contributed by atoms with Crippen molar-refractivity contribution in [3.8, 4) is 5.75 Å². The summed E-state index contributed by atoms with van der Waals surface area (Å²) in [6, 6.07) is 8.23. The summed E-state index contributed by atoms with van der Waals surface area (Å²) < 4.78 is 5.48. The molecule has 2 heteroatoms. The van der Waals surface area contributed by atoms with Crippen molar-refractivity contribution in [1.29, 1.82) is 0 Å². The summed E-state index contributed by atoms with van der Waals surface area (Å²) in [7, 11) is 1.72. The molecule has 2 aromatic rings. The molecule has 2 nitrogen and oxygen atoms in total. The van der Waals surface area contributed by atoms with Crippen LogP contribution in [0.25, 0.3) is 10.9 Å². The average Bonchev–Trinajstić information content (AvgIpc) is 2.25. The van der Waals surface area contributed by atoms with E-state index in [2.05, 4.69) is 37.9 Å². The van der Waals surface area contributed by atoms with E-state index in [1.165, 1.54) is 10.9 Å². The van der Waals surface area contributed by atoms with E-state index in [4.69, 9.17) is 4.74 Å². The van der Waals surface area contributed by atoms with Gasteiger partial charge in [0, 0.05) is 16.6 Å². The predicted octanol–water partition coefficient (Wildman–Crippen LogP) is 3.85. The molecule has 2 rings (SSSR count). The summed E-state index contributed by atoms with van der Waals surface area (Å²) in [4.78, 5) is 4.57. The van der Waals surface area contributed by atoms with Crippen LogP contribution in [0.2, 0.25) is 0 Å². The highest BCUT2D eigenvalue weighted by Crippen LogP contribution is 2.36. The third kappa shape index (κ3) is 2.12. The SMILES string of the molecule is COc1ccc2nc(C)ccc2c1C(C)(C)C. The van der Waals surface area contributed by atoms with Gasteiger partial charge in [-0.25, -0.2) is 0 Å². The lowest BCUT2D eigenvalue weighted by atomic mass is 9.83. The lowest BCUT2D eigenvalue weighted by molar-refractivity contribution is 0.399. The molecule has 0 spiro atoms. The largest absolute Gasteiger partial charge is 0.496 e. The van der Waals surface area contributed by atoms with Crippen LogP contribution >= 0.6 is 0 Å². The van der Waals surface area contributed by atoms with Gasteiger partial charge in [0.1, 0.15) is 5.75 Å². The Morgan fingerprint density at radius 3 is 2.35 bits per heavy atom. The zero-order valence-electron chi connectivity index (χ0n) is 11.2. The molecule has 17 heavy (non-hydrogen) atoms. The Labute approximate surface area is 103 Å². The number of pyridine rings is 1. The minimum absolute atomic E-state index is 0.0434.